The van der Waals surface area contributed by atoms with Crippen molar-refractivity contribution in [1.82, 2.24) is 0 Å². The molecule has 2 aromatic carbocycles. The van der Waals surface area contributed by atoms with Gasteiger partial charge in [0.05, 0.1) is 19.9 Å². The minimum atomic E-state index is 0.432. The van der Waals surface area contributed by atoms with Crippen LogP contribution in [-0.2, 0) is 0 Å². The summed E-state index contributed by atoms with van der Waals surface area (Å²) in [6, 6.07) is 14.6. The Hall–Kier alpha value is -2.16. The van der Waals surface area contributed by atoms with E-state index in [1.165, 1.54) is 11.1 Å². The molecule has 2 atom stereocenters. The molecule has 0 radical (unpaired) electrons. The number of hydrogen-bond acceptors (Lipinski definition) is 3. The molecule has 0 unspecified atom stereocenters. The number of hydrogen-bond donors (Lipinski definition) is 1. The van der Waals surface area contributed by atoms with E-state index in [4.69, 9.17) is 15.2 Å². The molecule has 23 heavy (non-hydrogen) atoms. The van der Waals surface area contributed by atoms with Crippen LogP contribution in [0.25, 0.3) is 0 Å². The lowest BCUT2D eigenvalue weighted by Gasteiger charge is -2.27. The van der Waals surface area contributed by atoms with Crippen molar-refractivity contribution in [2.45, 2.75) is 38.5 Å². The van der Waals surface area contributed by atoms with Gasteiger partial charge in [-0.05, 0) is 60.1 Å². The largest absolute Gasteiger partial charge is 0.497 e. The first-order valence-corrected chi connectivity index (χ1v) is 8.21. The van der Waals surface area contributed by atoms with Crippen molar-refractivity contribution in [3.8, 4) is 11.5 Å². The third-order valence-corrected chi connectivity index (χ3v) is 4.59. The van der Waals surface area contributed by atoms with Gasteiger partial charge in [0.25, 0.3) is 0 Å². The minimum absolute atomic E-state index is 0.432. The molecule has 124 valence electrons. The molecule has 0 fully saturated rings. The standard InChI is InChI=1S/C20H27NO2/c1-5-17(14-7-10-16(22-3)11-8-14)18(6-2)15-9-12-20(23-4)19(21)13-15/h7-13,17-18H,5-6,21H2,1-4H3/t17-,18+/m1/s1. The topological polar surface area (TPSA) is 44.5 Å². The SMILES string of the molecule is CC[C@H](c1ccc(OC)cc1)[C@@H](CC)c1ccc(OC)c(N)c1. The fourth-order valence-corrected chi connectivity index (χ4v) is 3.34. The molecule has 0 spiro atoms. The zero-order chi connectivity index (χ0) is 16.8. The summed E-state index contributed by atoms with van der Waals surface area (Å²) >= 11 is 0. The van der Waals surface area contributed by atoms with E-state index >= 15 is 0 Å². The van der Waals surface area contributed by atoms with Gasteiger partial charge in [-0.1, -0.05) is 32.0 Å². The van der Waals surface area contributed by atoms with Crippen molar-refractivity contribution >= 4 is 5.69 Å². The Balaban J connectivity index is 2.34. The van der Waals surface area contributed by atoms with Gasteiger partial charge in [0, 0.05) is 0 Å². The molecule has 0 aromatic heterocycles. The van der Waals surface area contributed by atoms with Gasteiger partial charge in [-0.2, -0.15) is 0 Å². The highest BCUT2D eigenvalue weighted by Gasteiger charge is 2.22. The zero-order valence-electron chi connectivity index (χ0n) is 14.5. The molecular weight excluding hydrogens is 286 g/mol. The van der Waals surface area contributed by atoms with E-state index < -0.39 is 0 Å². The van der Waals surface area contributed by atoms with Crippen LogP contribution in [0, 0.1) is 0 Å². The van der Waals surface area contributed by atoms with E-state index in [9.17, 15) is 0 Å². The molecule has 3 nitrogen and oxygen atoms in total. The number of ether oxygens (including phenoxy) is 2. The van der Waals surface area contributed by atoms with Crippen LogP contribution in [0.4, 0.5) is 5.69 Å². The Labute approximate surface area is 139 Å². The van der Waals surface area contributed by atoms with Crippen molar-refractivity contribution in [2.75, 3.05) is 20.0 Å². The van der Waals surface area contributed by atoms with Gasteiger partial charge in [-0.25, -0.2) is 0 Å². The number of rotatable bonds is 7. The summed E-state index contributed by atoms with van der Waals surface area (Å²) in [7, 11) is 3.34. The van der Waals surface area contributed by atoms with Crippen LogP contribution in [0.5, 0.6) is 11.5 Å². The summed E-state index contributed by atoms with van der Waals surface area (Å²) in [5.74, 6) is 2.52. The van der Waals surface area contributed by atoms with E-state index in [2.05, 4.69) is 38.1 Å². The van der Waals surface area contributed by atoms with Crippen LogP contribution in [0.3, 0.4) is 0 Å². The van der Waals surface area contributed by atoms with Crippen LogP contribution in [0.2, 0.25) is 0 Å². The van der Waals surface area contributed by atoms with E-state index in [1.54, 1.807) is 14.2 Å². The average Bonchev–Trinajstić information content (AvgIpc) is 2.59. The van der Waals surface area contributed by atoms with E-state index in [0.717, 1.165) is 24.3 Å². The van der Waals surface area contributed by atoms with Crippen LogP contribution in [-0.4, -0.2) is 14.2 Å². The Bertz CT molecular complexity index is 622. The second-order valence-corrected chi connectivity index (χ2v) is 5.80. The molecule has 0 saturated carbocycles. The molecule has 0 aliphatic heterocycles. The van der Waals surface area contributed by atoms with E-state index in [0.29, 0.717) is 17.5 Å². The maximum Gasteiger partial charge on any atom is 0.141 e. The molecule has 0 heterocycles. The predicted octanol–water partition coefficient (Wildman–Crippen LogP) is 4.97. The maximum atomic E-state index is 6.10. The summed E-state index contributed by atoms with van der Waals surface area (Å²) in [5.41, 5.74) is 9.42. The molecule has 2 rings (SSSR count). The molecule has 0 amide bonds. The van der Waals surface area contributed by atoms with Crippen LogP contribution in [0.1, 0.15) is 49.7 Å². The fourth-order valence-electron chi connectivity index (χ4n) is 3.34. The molecule has 3 heteroatoms. The second-order valence-electron chi connectivity index (χ2n) is 5.80. The summed E-state index contributed by atoms with van der Waals surface area (Å²) in [6.45, 7) is 4.47. The maximum absolute atomic E-state index is 6.10. The first kappa shape index (κ1) is 17.2. The Morgan fingerprint density at radius 2 is 1.39 bits per heavy atom. The number of benzene rings is 2. The highest BCUT2D eigenvalue weighted by molar-refractivity contribution is 5.55. The quantitative estimate of drug-likeness (QED) is 0.734. The third kappa shape index (κ3) is 3.79. The molecular formula is C20H27NO2. The number of methoxy groups -OCH3 is 2. The molecule has 0 aliphatic rings. The lowest BCUT2D eigenvalue weighted by molar-refractivity contribution is 0.414. The van der Waals surface area contributed by atoms with Gasteiger partial charge >= 0.3 is 0 Å². The summed E-state index contributed by atoms with van der Waals surface area (Å²) in [6.07, 6.45) is 2.15. The first-order chi connectivity index (χ1) is 11.1. The molecule has 2 aromatic rings. The van der Waals surface area contributed by atoms with E-state index in [1.807, 2.05) is 18.2 Å². The minimum Gasteiger partial charge on any atom is -0.497 e. The Morgan fingerprint density at radius 1 is 0.826 bits per heavy atom. The van der Waals surface area contributed by atoms with Gasteiger partial charge in [0.2, 0.25) is 0 Å². The highest BCUT2D eigenvalue weighted by atomic mass is 16.5. The Kier molecular flexibility index (Phi) is 5.91. The number of nitrogen functional groups attached to an aromatic ring is 1. The predicted molar refractivity (Wildman–Crippen MR) is 96.5 cm³/mol. The highest BCUT2D eigenvalue weighted by Crippen LogP contribution is 2.40. The van der Waals surface area contributed by atoms with Crippen molar-refractivity contribution in [3.63, 3.8) is 0 Å². The molecule has 2 N–H and O–H groups in total. The molecule has 0 aliphatic carbocycles. The van der Waals surface area contributed by atoms with Crippen LogP contribution in [0.15, 0.2) is 42.5 Å². The summed E-state index contributed by atoms with van der Waals surface area (Å²) in [5, 5.41) is 0. The van der Waals surface area contributed by atoms with Gasteiger partial charge < -0.3 is 15.2 Å². The number of anilines is 1. The van der Waals surface area contributed by atoms with Crippen molar-refractivity contribution < 1.29 is 9.47 Å². The molecule has 0 saturated heterocycles. The third-order valence-electron chi connectivity index (χ3n) is 4.59. The lowest BCUT2D eigenvalue weighted by Crippen LogP contribution is -2.11. The first-order valence-electron chi connectivity index (χ1n) is 8.21. The molecule has 0 bridgehead atoms. The zero-order valence-corrected chi connectivity index (χ0v) is 14.5. The second kappa shape index (κ2) is 7.91. The normalized spacial score (nSPS) is 13.4. The average molecular weight is 313 g/mol. The number of nitrogens with two attached hydrogens (primary N) is 1. The van der Waals surface area contributed by atoms with Crippen molar-refractivity contribution in [1.29, 1.82) is 0 Å². The summed E-state index contributed by atoms with van der Waals surface area (Å²) < 4.78 is 10.5. The van der Waals surface area contributed by atoms with Crippen LogP contribution < -0.4 is 15.2 Å². The van der Waals surface area contributed by atoms with Crippen molar-refractivity contribution in [3.05, 3.63) is 53.6 Å². The smallest absolute Gasteiger partial charge is 0.141 e. The van der Waals surface area contributed by atoms with Gasteiger partial charge in [0.1, 0.15) is 11.5 Å². The van der Waals surface area contributed by atoms with Crippen molar-refractivity contribution in [2.24, 2.45) is 0 Å². The fraction of sp³-hybridized carbons (Fsp3) is 0.400. The van der Waals surface area contributed by atoms with Crippen LogP contribution >= 0.6 is 0 Å². The van der Waals surface area contributed by atoms with Gasteiger partial charge in [-0.15, -0.1) is 0 Å². The van der Waals surface area contributed by atoms with E-state index in [-0.39, 0.29) is 0 Å². The monoisotopic (exact) mass is 313 g/mol. The summed E-state index contributed by atoms with van der Waals surface area (Å²) in [4.78, 5) is 0. The van der Waals surface area contributed by atoms with Gasteiger partial charge in [0.15, 0.2) is 0 Å². The lowest BCUT2D eigenvalue weighted by atomic mass is 9.78. The van der Waals surface area contributed by atoms with Gasteiger partial charge in [-0.3, -0.25) is 0 Å². The Morgan fingerprint density at radius 3 is 1.87 bits per heavy atom.